The van der Waals surface area contributed by atoms with E-state index in [1.165, 1.54) is 0 Å². The third kappa shape index (κ3) is 4.19. The highest BCUT2D eigenvalue weighted by Gasteiger charge is 2.30. The van der Waals surface area contributed by atoms with E-state index in [0.29, 0.717) is 12.0 Å². The molecule has 0 aliphatic carbocycles. The zero-order chi connectivity index (χ0) is 13.7. The minimum atomic E-state index is 0.0795. The SMILES string of the molecule is CCC1CN(C(CO)C(N)CC(C)C)CCN1C. The van der Waals surface area contributed by atoms with Crippen molar-refractivity contribution in [3.05, 3.63) is 0 Å². The molecule has 0 spiro atoms. The molecule has 0 saturated carbocycles. The summed E-state index contributed by atoms with van der Waals surface area (Å²) in [6, 6.07) is 0.796. The van der Waals surface area contributed by atoms with E-state index in [-0.39, 0.29) is 18.7 Å². The van der Waals surface area contributed by atoms with Crippen LogP contribution >= 0.6 is 0 Å². The quantitative estimate of drug-likeness (QED) is 0.737. The van der Waals surface area contributed by atoms with Crippen molar-refractivity contribution in [2.75, 3.05) is 33.3 Å². The van der Waals surface area contributed by atoms with Crippen molar-refractivity contribution < 1.29 is 5.11 Å². The number of nitrogens with two attached hydrogens (primary N) is 1. The van der Waals surface area contributed by atoms with Crippen LogP contribution in [0, 0.1) is 5.92 Å². The summed E-state index contributed by atoms with van der Waals surface area (Å²) >= 11 is 0. The van der Waals surface area contributed by atoms with Gasteiger partial charge in [-0.05, 0) is 25.8 Å². The lowest BCUT2D eigenvalue weighted by Crippen LogP contribution is -2.59. The smallest absolute Gasteiger partial charge is 0.0601 e. The Bertz CT molecular complexity index is 235. The molecule has 3 unspecified atom stereocenters. The number of aliphatic hydroxyl groups is 1. The first-order valence-electron chi connectivity index (χ1n) is 7.30. The molecule has 18 heavy (non-hydrogen) atoms. The van der Waals surface area contributed by atoms with Gasteiger partial charge in [0.2, 0.25) is 0 Å². The summed E-state index contributed by atoms with van der Waals surface area (Å²) in [5, 5.41) is 9.65. The van der Waals surface area contributed by atoms with Crippen LogP contribution in [0.5, 0.6) is 0 Å². The zero-order valence-electron chi connectivity index (χ0n) is 12.5. The van der Waals surface area contributed by atoms with Gasteiger partial charge < -0.3 is 15.7 Å². The van der Waals surface area contributed by atoms with Crippen LogP contribution in [0.15, 0.2) is 0 Å². The van der Waals surface area contributed by atoms with Gasteiger partial charge in [-0.2, -0.15) is 0 Å². The van der Waals surface area contributed by atoms with Crippen LogP contribution < -0.4 is 5.73 Å². The van der Waals surface area contributed by atoms with Gasteiger partial charge in [0.1, 0.15) is 0 Å². The molecule has 3 N–H and O–H groups in total. The number of hydrogen-bond acceptors (Lipinski definition) is 4. The Hall–Kier alpha value is -0.160. The Balaban J connectivity index is 2.59. The van der Waals surface area contributed by atoms with Crippen LogP contribution in [0.1, 0.15) is 33.6 Å². The minimum absolute atomic E-state index is 0.0795. The van der Waals surface area contributed by atoms with Crippen LogP contribution in [0.2, 0.25) is 0 Å². The number of rotatable bonds is 6. The standard InChI is InChI=1S/C14H31N3O/c1-5-12-9-17(7-6-16(12)4)14(10-18)13(15)8-11(2)3/h11-14,18H,5-10,15H2,1-4H3. The number of hydrogen-bond donors (Lipinski definition) is 2. The average Bonchev–Trinajstić information content (AvgIpc) is 2.31. The van der Waals surface area contributed by atoms with Crippen LogP contribution in [-0.2, 0) is 0 Å². The number of aliphatic hydroxyl groups excluding tert-OH is 1. The molecule has 3 atom stereocenters. The van der Waals surface area contributed by atoms with Crippen LogP contribution in [0.4, 0.5) is 0 Å². The summed E-state index contributed by atoms with van der Waals surface area (Å²) in [5.41, 5.74) is 6.27. The molecule has 0 aromatic heterocycles. The normalized spacial score (nSPS) is 26.5. The molecule has 108 valence electrons. The van der Waals surface area contributed by atoms with Crippen molar-refractivity contribution >= 4 is 0 Å². The molecule has 4 nitrogen and oxygen atoms in total. The highest BCUT2D eigenvalue weighted by Crippen LogP contribution is 2.17. The zero-order valence-corrected chi connectivity index (χ0v) is 12.5. The maximum Gasteiger partial charge on any atom is 0.0601 e. The molecule has 1 aliphatic heterocycles. The van der Waals surface area contributed by atoms with Gasteiger partial charge in [-0.25, -0.2) is 0 Å². The van der Waals surface area contributed by atoms with Gasteiger partial charge >= 0.3 is 0 Å². The summed E-state index contributed by atoms with van der Waals surface area (Å²) in [5.74, 6) is 0.587. The molecule has 0 radical (unpaired) electrons. The highest BCUT2D eigenvalue weighted by molar-refractivity contribution is 4.88. The number of likely N-dealkylation sites (N-methyl/N-ethyl adjacent to an activating group) is 1. The van der Waals surface area contributed by atoms with Crippen molar-refractivity contribution in [3.8, 4) is 0 Å². The predicted molar refractivity (Wildman–Crippen MR) is 76.6 cm³/mol. The van der Waals surface area contributed by atoms with E-state index in [9.17, 15) is 5.11 Å². The molecular formula is C14H31N3O. The van der Waals surface area contributed by atoms with Gasteiger partial charge in [0.25, 0.3) is 0 Å². The molecule has 4 heteroatoms. The second-order valence-electron chi connectivity index (χ2n) is 6.08. The van der Waals surface area contributed by atoms with Crippen LogP contribution in [0.25, 0.3) is 0 Å². The first kappa shape index (κ1) is 15.9. The molecular weight excluding hydrogens is 226 g/mol. The first-order valence-corrected chi connectivity index (χ1v) is 7.30. The summed E-state index contributed by atoms with van der Waals surface area (Å²) in [4.78, 5) is 4.81. The summed E-state index contributed by atoms with van der Waals surface area (Å²) in [6.07, 6.45) is 2.14. The van der Waals surface area contributed by atoms with Crippen molar-refractivity contribution in [1.82, 2.24) is 9.80 Å². The lowest BCUT2D eigenvalue weighted by molar-refractivity contribution is 0.0273. The molecule has 1 heterocycles. The molecule has 0 amide bonds. The molecule has 0 bridgehead atoms. The fraction of sp³-hybridized carbons (Fsp3) is 1.00. The Morgan fingerprint density at radius 2 is 2.00 bits per heavy atom. The van der Waals surface area contributed by atoms with Crippen LogP contribution in [0.3, 0.4) is 0 Å². The molecule has 1 aliphatic rings. The second kappa shape index (κ2) is 7.43. The van der Waals surface area contributed by atoms with E-state index in [2.05, 4.69) is 37.6 Å². The lowest BCUT2D eigenvalue weighted by atomic mass is 9.96. The Morgan fingerprint density at radius 1 is 1.33 bits per heavy atom. The lowest BCUT2D eigenvalue weighted by Gasteiger charge is -2.44. The molecule has 0 aromatic rings. The number of piperazine rings is 1. The van der Waals surface area contributed by atoms with E-state index in [1.807, 2.05) is 0 Å². The molecule has 1 fully saturated rings. The van der Waals surface area contributed by atoms with E-state index < -0.39 is 0 Å². The van der Waals surface area contributed by atoms with Gasteiger partial charge in [-0.3, -0.25) is 4.90 Å². The third-order valence-corrected chi connectivity index (χ3v) is 4.17. The van der Waals surface area contributed by atoms with E-state index >= 15 is 0 Å². The predicted octanol–water partition coefficient (Wildman–Crippen LogP) is 0.747. The highest BCUT2D eigenvalue weighted by atomic mass is 16.3. The van der Waals surface area contributed by atoms with Crippen molar-refractivity contribution in [1.29, 1.82) is 0 Å². The third-order valence-electron chi connectivity index (χ3n) is 4.17. The fourth-order valence-corrected chi connectivity index (χ4v) is 2.94. The minimum Gasteiger partial charge on any atom is -0.395 e. The average molecular weight is 257 g/mol. The Kier molecular flexibility index (Phi) is 6.57. The second-order valence-corrected chi connectivity index (χ2v) is 6.08. The maximum atomic E-state index is 9.65. The van der Waals surface area contributed by atoms with Crippen molar-refractivity contribution in [2.24, 2.45) is 11.7 Å². The summed E-state index contributed by atoms with van der Waals surface area (Å²) in [6.45, 7) is 9.90. The van der Waals surface area contributed by atoms with E-state index in [0.717, 1.165) is 32.5 Å². The van der Waals surface area contributed by atoms with Gasteiger partial charge in [0, 0.05) is 37.8 Å². The van der Waals surface area contributed by atoms with Crippen molar-refractivity contribution in [2.45, 2.75) is 51.7 Å². The molecule has 1 saturated heterocycles. The first-order chi connectivity index (χ1) is 8.49. The Labute approximate surface area is 112 Å². The maximum absolute atomic E-state index is 9.65. The van der Waals surface area contributed by atoms with Crippen LogP contribution in [-0.4, -0.2) is 66.3 Å². The van der Waals surface area contributed by atoms with Gasteiger partial charge in [0.15, 0.2) is 0 Å². The fourth-order valence-electron chi connectivity index (χ4n) is 2.94. The van der Waals surface area contributed by atoms with E-state index in [1.54, 1.807) is 0 Å². The largest absolute Gasteiger partial charge is 0.395 e. The van der Waals surface area contributed by atoms with Crippen molar-refractivity contribution in [3.63, 3.8) is 0 Å². The van der Waals surface area contributed by atoms with E-state index in [4.69, 9.17) is 5.73 Å². The molecule has 0 aromatic carbocycles. The van der Waals surface area contributed by atoms with Gasteiger partial charge in [-0.1, -0.05) is 20.8 Å². The topological polar surface area (TPSA) is 52.7 Å². The van der Waals surface area contributed by atoms with Gasteiger partial charge in [-0.15, -0.1) is 0 Å². The Morgan fingerprint density at radius 3 is 2.50 bits per heavy atom. The molecule has 1 rings (SSSR count). The monoisotopic (exact) mass is 257 g/mol. The number of nitrogens with zero attached hydrogens (tertiary/aromatic N) is 2. The summed E-state index contributed by atoms with van der Waals surface area (Å²) < 4.78 is 0. The summed E-state index contributed by atoms with van der Waals surface area (Å²) in [7, 11) is 2.19. The van der Waals surface area contributed by atoms with Gasteiger partial charge in [0.05, 0.1) is 6.61 Å².